The predicted octanol–water partition coefficient (Wildman–Crippen LogP) is 4.83. The summed E-state index contributed by atoms with van der Waals surface area (Å²) in [5, 5.41) is 13.3. The normalized spacial score (nSPS) is 15.4. The van der Waals surface area contributed by atoms with E-state index in [1.807, 2.05) is 12.3 Å². The summed E-state index contributed by atoms with van der Waals surface area (Å²) in [6.45, 7) is 2.14. The van der Waals surface area contributed by atoms with Gasteiger partial charge in [0.25, 0.3) is 0 Å². The Morgan fingerprint density at radius 2 is 1.97 bits per heavy atom. The molecule has 0 spiro atoms. The molecule has 1 aromatic carbocycles. The van der Waals surface area contributed by atoms with Crippen LogP contribution in [0.1, 0.15) is 24.3 Å². The van der Waals surface area contributed by atoms with Crippen LogP contribution in [0.15, 0.2) is 59.5 Å². The average molecular weight is 383 g/mol. The fourth-order valence-corrected chi connectivity index (χ4v) is 4.46. The Bertz CT molecular complexity index is 1290. The Morgan fingerprint density at radius 1 is 1.03 bits per heavy atom. The highest BCUT2D eigenvalue weighted by molar-refractivity contribution is 6.00. The molecule has 4 aromatic heterocycles. The minimum atomic E-state index is 0.561. The summed E-state index contributed by atoms with van der Waals surface area (Å²) in [5.74, 6) is 0.561. The van der Waals surface area contributed by atoms with Crippen molar-refractivity contribution >= 4 is 21.9 Å². The lowest BCUT2D eigenvalue weighted by Gasteiger charge is -2.22. The van der Waals surface area contributed by atoms with Crippen LogP contribution in [0, 0.1) is 0 Å². The first-order chi connectivity index (χ1) is 14.4. The third-order valence-electron chi connectivity index (χ3n) is 6.01. The van der Waals surface area contributed by atoms with Crippen LogP contribution in [0.2, 0.25) is 0 Å². The van der Waals surface area contributed by atoms with Gasteiger partial charge in [-0.25, -0.2) is 4.98 Å². The van der Waals surface area contributed by atoms with Crippen molar-refractivity contribution < 1.29 is 4.42 Å². The maximum Gasteiger partial charge on any atom is 0.181 e. The molecule has 6 nitrogen and oxygen atoms in total. The van der Waals surface area contributed by atoms with Crippen LogP contribution < -0.4 is 5.32 Å². The van der Waals surface area contributed by atoms with E-state index < -0.39 is 0 Å². The highest BCUT2D eigenvalue weighted by Gasteiger charge is 2.19. The molecular formula is C23H21N5O. The first-order valence-corrected chi connectivity index (χ1v) is 10.1. The topological polar surface area (TPSA) is 82.5 Å². The Hall–Kier alpha value is -3.38. The second-order valence-corrected chi connectivity index (χ2v) is 7.72. The number of hydrogen-bond donors (Lipinski definition) is 3. The SMILES string of the molecule is c1cc(-c2ccoc2)c2cc(-c3[nH]nc4ncc(C5CCNCC5)cc34)[nH]c2c1. The first kappa shape index (κ1) is 16.6. The number of fused-ring (bicyclic) bond motifs is 2. The van der Waals surface area contributed by atoms with Crippen LogP contribution in [0.25, 0.3) is 44.5 Å². The molecule has 0 saturated carbocycles. The summed E-state index contributed by atoms with van der Waals surface area (Å²) in [4.78, 5) is 8.18. The van der Waals surface area contributed by atoms with Crippen molar-refractivity contribution in [1.29, 1.82) is 0 Å². The van der Waals surface area contributed by atoms with E-state index in [2.05, 4.69) is 55.8 Å². The second-order valence-electron chi connectivity index (χ2n) is 7.72. The zero-order valence-electron chi connectivity index (χ0n) is 15.9. The van der Waals surface area contributed by atoms with Crippen molar-refractivity contribution in [2.75, 3.05) is 13.1 Å². The van der Waals surface area contributed by atoms with Crippen LogP contribution >= 0.6 is 0 Å². The molecule has 0 bridgehead atoms. The molecule has 5 aromatic rings. The van der Waals surface area contributed by atoms with Crippen molar-refractivity contribution in [2.45, 2.75) is 18.8 Å². The molecular weight excluding hydrogens is 362 g/mol. The summed E-state index contributed by atoms with van der Waals surface area (Å²) >= 11 is 0. The molecule has 1 fully saturated rings. The van der Waals surface area contributed by atoms with Crippen LogP contribution in [0.4, 0.5) is 0 Å². The third-order valence-corrected chi connectivity index (χ3v) is 6.01. The minimum Gasteiger partial charge on any atom is -0.472 e. The van der Waals surface area contributed by atoms with E-state index in [9.17, 15) is 0 Å². The number of benzene rings is 1. The zero-order chi connectivity index (χ0) is 19.2. The number of nitrogens with one attached hydrogen (secondary N) is 3. The van der Waals surface area contributed by atoms with Gasteiger partial charge in [0, 0.05) is 28.0 Å². The van der Waals surface area contributed by atoms with E-state index >= 15 is 0 Å². The van der Waals surface area contributed by atoms with Crippen LogP contribution in [-0.2, 0) is 0 Å². The molecule has 0 unspecified atom stereocenters. The maximum absolute atomic E-state index is 5.29. The Labute approximate surface area is 167 Å². The van der Waals surface area contributed by atoms with Gasteiger partial charge in [0.05, 0.1) is 23.9 Å². The van der Waals surface area contributed by atoms with E-state index in [0.717, 1.165) is 70.4 Å². The maximum atomic E-state index is 5.29. The second kappa shape index (κ2) is 6.60. The van der Waals surface area contributed by atoms with Gasteiger partial charge in [-0.15, -0.1) is 0 Å². The van der Waals surface area contributed by atoms with E-state index in [4.69, 9.17) is 4.42 Å². The van der Waals surface area contributed by atoms with Crippen LogP contribution in [0.5, 0.6) is 0 Å². The number of aromatic nitrogens is 4. The number of piperidine rings is 1. The fraction of sp³-hybridized carbons (Fsp3) is 0.217. The Balaban J connectivity index is 1.48. The average Bonchev–Trinajstić information content (AvgIpc) is 3.52. The van der Waals surface area contributed by atoms with Crippen LogP contribution in [-0.4, -0.2) is 33.3 Å². The molecule has 0 atom stereocenters. The standard InChI is InChI=1S/C23H21N5O/c1-2-17(15-6-9-29-13-15)18-11-21(26-20(18)3-1)22-19-10-16(12-25-23(19)28-27-22)14-4-7-24-8-5-14/h1-3,6,9-14,24,26H,4-5,7-8H2,(H,25,27,28). The Kier molecular flexibility index (Phi) is 3.77. The molecule has 144 valence electrons. The summed E-state index contributed by atoms with van der Waals surface area (Å²) in [6, 6.07) is 12.7. The molecule has 29 heavy (non-hydrogen) atoms. The first-order valence-electron chi connectivity index (χ1n) is 10.1. The molecule has 5 heterocycles. The number of nitrogens with zero attached hydrogens (tertiary/aromatic N) is 2. The molecule has 1 saturated heterocycles. The summed E-state index contributed by atoms with van der Waals surface area (Å²) in [5.41, 5.74) is 7.37. The van der Waals surface area contributed by atoms with Crippen molar-refractivity contribution in [3.05, 3.63) is 60.7 Å². The van der Waals surface area contributed by atoms with Gasteiger partial charge < -0.3 is 14.7 Å². The zero-order valence-corrected chi connectivity index (χ0v) is 15.9. The van der Waals surface area contributed by atoms with Gasteiger partial charge in [0.2, 0.25) is 0 Å². The minimum absolute atomic E-state index is 0.561. The molecule has 1 aliphatic rings. The van der Waals surface area contributed by atoms with Gasteiger partial charge >= 0.3 is 0 Å². The number of rotatable bonds is 3. The molecule has 0 amide bonds. The van der Waals surface area contributed by atoms with Gasteiger partial charge in [0.1, 0.15) is 0 Å². The molecule has 0 aliphatic carbocycles. The van der Waals surface area contributed by atoms with Crippen molar-refractivity contribution in [3.8, 4) is 22.5 Å². The monoisotopic (exact) mass is 383 g/mol. The summed E-state index contributed by atoms with van der Waals surface area (Å²) < 4.78 is 5.29. The van der Waals surface area contributed by atoms with E-state index in [-0.39, 0.29) is 0 Å². The van der Waals surface area contributed by atoms with Gasteiger partial charge in [-0.1, -0.05) is 12.1 Å². The van der Waals surface area contributed by atoms with Gasteiger partial charge in [-0.3, -0.25) is 5.10 Å². The smallest absolute Gasteiger partial charge is 0.181 e. The number of furan rings is 1. The highest BCUT2D eigenvalue weighted by atomic mass is 16.3. The van der Waals surface area contributed by atoms with Gasteiger partial charge in [-0.05, 0) is 67.2 Å². The lowest BCUT2D eigenvalue weighted by Crippen LogP contribution is -2.26. The van der Waals surface area contributed by atoms with Crippen molar-refractivity contribution in [1.82, 2.24) is 25.5 Å². The van der Waals surface area contributed by atoms with Crippen molar-refractivity contribution in [2.24, 2.45) is 0 Å². The van der Waals surface area contributed by atoms with E-state index in [1.54, 1.807) is 12.5 Å². The number of H-pyrrole nitrogens is 2. The number of hydrogen-bond acceptors (Lipinski definition) is 4. The molecule has 0 radical (unpaired) electrons. The Morgan fingerprint density at radius 3 is 2.83 bits per heavy atom. The number of aromatic amines is 2. The van der Waals surface area contributed by atoms with E-state index in [1.165, 1.54) is 5.56 Å². The van der Waals surface area contributed by atoms with Gasteiger partial charge in [-0.2, -0.15) is 5.10 Å². The fourth-order valence-electron chi connectivity index (χ4n) is 4.46. The third kappa shape index (κ3) is 2.76. The van der Waals surface area contributed by atoms with E-state index in [0.29, 0.717) is 5.92 Å². The lowest BCUT2D eigenvalue weighted by molar-refractivity contribution is 0.460. The van der Waals surface area contributed by atoms with Crippen molar-refractivity contribution in [3.63, 3.8) is 0 Å². The molecule has 1 aliphatic heterocycles. The largest absolute Gasteiger partial charge is 0.472 e. The molecule has 3 N–H and O–H groups in total. The quantitative estimate of drug-likeness (QED) is 0.417. The highest BCUT2D eigenvalue weighted by Crippen LogP contribution is 2.35. The summed E-state index contributed by atoms with van der Waals surface area (Å²) in [7, 11) is 0. The summed E-state index contributed by atoms with van der Waals surface area (Å²) in [6.07, 6.45) is 7.78. The van der Waals surface area contributed by atoms with Gasteiger partial charge in [0.15, 0.2) is 5.65 Å². The lowest BCUT2D eigenvalue weighted by atomic mass is 9.91. The number of pyridine rings is 1. The molecule has 6 rings (SSSR count). The molecule has 6 heteroatoms. The van der Waals surface area contributed by atoms with Crippen LogP contribution in [0.3, 0.4) is 0 Å². The predicted molar refractivity (Wildman–Crippen MR) is 114 cm³/mol.